The minimum atomic E-state index is -0.653. The van der Waals surface area contributed by atoms with Crippen molar-refractivity contribution in [2.24, 2.45) is 0 Å². The highest BCUT2D eigenvalue weighted by Gasteiger charge is 2.24. The van der Waals surface area contributed by atoms with Crippen molar-refractivity contribution >= 4 is 17.6 Å². The summed E-state index contributed by atoms with van der Waals surface area (Å²) in [6.45, 7) is 7.71. The van der Waals surface area contributed by atoms with Gasteiger partial charge in [-0.3, -0.25) is 14.5 Å². The second kappa shape index (κ2) is 11.3. The average molecular weight is 416 g/mol. The smallest absolute Gasteiger partial charge is 0.237 e. The molecule has 0 aliphatic rings. The molecule has 30 heavy (non-hydrogen) atoms. The molecule has 0 spiro atoms. The molecule has 8 heteroatoms. The SMILES string of the molecule is CCN(CC)[C@@H](C)C(=O)NC[C@H](C(=O)NCc1ccc(N)nc1)c1ccc(F)cc1. The highest BCUT2D eigenvalue weighted by Crippen LogP contribution is 2.17. The number of carbonyl (C=O) groups is 2. The van der Waals surface area contributed by atoms with Crippen LogP contribution in [0.25, 0.3) is 0 Å². The van der Waals surface area contributed by atoms with E-state index in [1.807, 2.05) is 25.7 Å². The van der Waals surface area contributed by atoms with Crippen LogP contribution in [0.2, 0.25) is 0 Å². The Morgan fingerprint density at radius 2 is 1.73 bits per heavy atom. The lowest BCUT2D eigenvalue weighted by atomic mass is 9.97. The Kier molecular flexibility index (Phi) is 8.73. The fourth-order valence-corrected chi connectivity index (χ4v) is 3.20. The summed E-state index contributed by atoms with van der Waals surface area (Å²) in [6, 6.07) is 8.86. The van der Waals surface area contributed by atoms with Crippen molar-refractivity contribution in [1.82, 2.24) is 20.5 Å². The summed E-state index contributed by atoms with van der Waals surface area (Å²) < 4.78 is 13.3. The van der Waals surface area contributed by atoms with E-state index in [2.05, 4.69) is 15.6 Å². The van der Waals surface area contributed by atoms with E-state index in [4.69, 9.17) is 5.73 Å². The summed E-state index contributed by atoms with van der Waals surface area (Å²) in [6.07, 6.45) is 1.59. The number of benzene rings is 1. The Morgan fingerprint density at radius 3 is 2.30 bits per heavy atom. The maximum absolute atomic E-state index is 13.3. The number of hydrogen-bond donors (Lipinski definition) is 3. The standard InChI is InChI=1S/C22H30FN5O2/c1-4-28(5-2)15(3)21(29)27-14-19(17-7-9-18(23)10-8-17)22(30)26-13-16-6-11-20(24)25-12-16/h6-12,15,19H,4-5,13-14H2,1-3H3,(H2,24,25)(H,26,30)(H,27,29)/t15-,19-/m0/s1. The number of rotatable bonds is 10. The number of halogens is 1. The van der Waals surface area contributed by atoms with Crippen molar-refractivity contribution < 1.29 is 14.0 Å². The predicted octanol–water partition coefficient (Wildman–Crippen LogP) is 2.05. The zero-order chi connectivity index (χ0) is 22.1. The molecule has 0 saturated heterocycles. The molecule has 0 radical (unpaired) electrons. The molecule has 0 saturated carbocycles. The van der Waals surface area contributed by atoms with Gasteiger partial charge < -0.3 is 16.4 Å². The van der Waals surface area contributed by atoms with E-state index < -0.39 is 5.92 Å². The molecule has 0 bridgehead atoms. The van der Waals surface area contributed by atoms with Crippen LogP contribution < -0.4 is 16.4 Å². The maximum atomic E-state index is 13.3. The first kappa shape index (κ1) is 23.3. The Morgan fingerprint density at radius 1 is 1.07 bits per heavy atom. The molecular weight excluding hydrogens is 385 g/mol. The molecule has 2 aromatic rings. The van der Waals surface area contributed by atoms with Crippen molar-refractivity contribution in [2.75, 3.05) is 25.4 Å². The number of anilines is 1. The van der Waals surface area contributed by atoms with Crippen LogP contribution in [0.4, 0.5) is 10.2 Å². The second-order valence-corrected chi connectivity index (χ2v) is 7.06. The van der Waals surface area contributed by atoms with Gasteiger partial charge in [-0.15, -0.1) is 0 Å². The molecular formula is C22H30FN5O2. The highest BCUT2D eigenvalue weighted by molar-refractivity contribution is 5.86. The number of pyridine rings is 1. The van der Waals surface area contributed by atoms with Crippen molar-refractivity contribution in [3.63, 3.8) is 0 Å². The molecule has 0 fully saturated rings. The number of carbonyl (C=O) groups excluding carboxylic acids is 2. The molecule has 0 aliphatic carbocycles. The number of nitrogens with one attached hydrogen (secondary N) is 2. The van der Waals surface area contributed by atoms with Gasteiger partial charge in [-0.05, 0) is 49.3 Å². The van der Waals surface area contributed by atoms with Crippen LogP contribution in [-0.4, -0.2) is 47.4 Å². The van der Waals surface area contributed by atoms with Gasteiger partial charge in [0.25, 0.3) is 0 Å². The summed E-state index contributed by atoms with van der Waals surface area (Å²) >= 11 is 0. The highest BCUT2D eigenvalue weighted by atomic mass is 19.1. The Labute approximate surface area is 176 Å². The summed E-state index contributed by atoms with van der Waals surface area (Å²) in [4.78, 5) is 31.5. The summed E-state index contributed by atoms with van der Waals surface area (Å²) in [5, 5.41) is 5.72. The van der Waals surface area contributed by atoms with E-state index in [0.29, 0.717) is 11.4 Å². The molecule has 1 aromatic carbocycles. The number of nitrogens with two attached hydrogens (primary N) is 1. The van der Waals surface area contributed by atoms with Gasteiger partial charge in [-0.25, -0.2) is 9.37 Å². The third-order valence-corrected chi connectivity index (χ3v) is 5.12. The summed E-state index contributed by atoms with van der Waals surface area (Å²) in [5.74, 6) is -1.06. The topological polar surface area (TPSA) is 100 Å². The van der Waals surface area contributed by atoms with E-state index in [0.717, 1.165) is 18.7 Å². The summed E-state index contributed by atoms with van der Waals surface area (Å²) in [7, 11) is 0. The number of nitrogen functional groups attached to an aromatic ring is 1. The normalized spacial score (nSPS) is 13.0. The minimum absolute atomic E-state index is 0.113. The molecule has 2 atom stereocenters. The van der Waals surface area contributed by atoms with Gasteiger partial charge in [0.1, 0.15) is 11.6 Å². The molecule has 1 aromatic heterocycles. The molecule has 0 aliphatic heterocycles. The monoisotopic (exact) mass is 415 g/mol. The lowest BCUT2D eigenvalue weighted by Crippen LogP contribution is -2.47. The fraction of sp³-hybridized carbons (Fsp3) is 0.409. The Hall–Kier alpha value is -3.00. The van der Waals surface area contributed by atoms with Crippen LogP contribution in [0.3, 0.4) is 0 Å². The molecule has 4 N–H and O–H groups in total. The molecule has 7 nitrogen and oxygen atoms in total. The van der Waals surface area contributed by atoms with E-state index in [1.54, 1.807) is 30.5 Å². The van der Waals surface area contributed by atoms with Crippen molar-refractivity contribution in [2.45, 2.75) is 39.3 Å². The molecule has 0 unspecified atom stereocenters. The van der Waals surface area contributed by atoms with Crippen LogP contribution in [0, 0.1) is 5.82 Å². The minimum Gasteiger partial charge on any atom is -0.384 e. The average Bonchev–Trinajstić information content (AvgIpc) is 2.75. The largest absolute Gasteiger partial charge is 0.384 e. The number of aromatic nitrogens is 1. The lowest BCUT2D eigenvalue weighted by Gasteiger charge is -2.26. The van der Waals surface area contributed by atoms with Crippen molar-refractivity contribution in [1.29, 1.82) is 0 Å². The van der Waals surface area contributed by atoms with Gasteiger partial charge in [0, 0.05) is 19.3 Å². The van der Waals surface area contributed by atoms with E-state index in [9.17, 15) is 14.0 Å². The van der Waals surface area contributed by atoms with Gasteiger partial charge in [0.2, 0.25) is 11.8 Å². The molecule has 162 valence electrons. The number of likely N-dealkylation sites (N-methyl/N-ethyl adjacent to an activating group) is 1. The van der Waals surface area contributed by atoms with Crippen LogP contribution in [-0.2, 0) is 16.1 Å². The summed E-state index contributed by atoms with van der Waals surface area (Å²) in [5.41, 5.74) is 7.01. The zero-order valence-corrected chi connectivity index (χ0v) is 17.7. The quantitative estimate of drug-likeness (QED) is 0.551. The van der Waals surface area contributed by atoms with Gasteiger partial charge in [0.05, 0.1) is 12.0 Å². The molecule has 1 heterocycles. The molecule has 2 rings (SSSR count). The van der Waals surface area contributed by atoms with Gasteiger partial charge in [-0.2, -0.15) is 0 Å². The van der Waals surface area contributed by atoms with Crippen LogP contribution in [0.5, 0.6) is 0 Å². The first-order chi connectivity index (χ1) is 14.3. The predicted molar refractivity (Wildman–Crippen MR) is 115 cm³/mol. The fourth-order valence-electron chi connectivity index (χ4n) is 3.20. The number of amides is 2. The number of hydrogen-bond acceptors (Lipinski definition) is 5. The maximum Gasteiger partial charge on any atom is 0.237 e. The van der Waals surface area contributed by atoms with E-state index >= 15 is 0 Å². The van der Waals surface area contributed by atoms with Crippen LogP contribution >= 0.6 is 0 Å². The van der Waals surface area contributed by atoms with Gasteiger partial charge in [-0.1, -0.05) is 32.0 Å². The van der Waals surface area contributed by atoms with Gasteiger partial charge in [0.15, 0.2) is 0 Å². The van der Waals surface area contributed by atoms with Gasteiger partial charge >= 0.3 is 0 Å². The van der Waals surface area contributed by atoms with E-state index in [1.165, 1.54) is 12.1 Å². The van der Waals surface area contributed by atoms with E-state index in [-0.39, 0.29) is 36.8 Å². The number of nitrogens with zero attached hydrogens (tertiary/aromatic N) is 2. The van der Waals surface area contributed by atoms with Crippen molar-refractivity contribution in [3.8, 4) is 0 Å². The Balaban J connectivity index is 2.08. The van der Waals surface area contributed by atoms with Crippen LogP contribution in [0.15, 0.2) is 42.6 Å². The first-order valence-corrected chi connectivity index (χ1v) is 10.1. The zero-order valence-electron chi connectivity index (χ0n) is 17.7. The first-order valence-electron chi connectivity index (χ1n) is 10.1. The second-order valence-electron chi connectivity index (χ2n) is 7.06. The molecule has 2 amide bonds. The van der Waals surface area contributed by atoms with Crippen LogP contribution in [0.1, 0.15) is 37.8 Å². The Bertz CT molecular complexity index is 822. The van der Waals surface area contributed by atoms with Crippen molar-refractivity contribution in [3.05, 3.63) is 59.5 Å². The third-order valence-electron chi connectivity index (χ3n) is 5.12. The lowest BCUT2D eigenvalue weighted by molar-refractivity contribution is -0.126. The third kappa shape index (κ3) is 6.52.